The Morgan fingerprint density at radius 1 is 1.45 bits per heavy atom. The van der Waals surface area contributed by atoms with Crippen LogP contribution in [0.15, 0.2) is 16.6 Å². The summed E-state index contributed by atoms with van der Waals surface area (Å²) in [4.78, 5) is 0. The SMILES string of the molecule is Cc1cc(Br)c(CCl)cc1Cl. The molecule has 0 aliphatic carbocycles. The summed E-state index contributed by atoms with van der Waals surface area (Å²) in [5, 5.41) is 0.767. The van der Waals surface area contributed by atoms with Crippen molar-refractivity contribution in [2.45, 2.75) is 12.8 Å². The standard InChI is InChI=1S/C8H7BrCl2/c1-5-2-7(9)6(4-10)3-8(5)11/h2-3H,4H2,1H3. The molecular formula is C8H7BrCl2. The molecular weight excluding hydrogens is 247 g/mol. The number of aryl methyl sites for hydroxylation is 1. The Hall–Kier alpha value is 0.280. The van der Waals surface area contributed by atoms with Gasteiger partial charge in [-0.05, 0) is 30.2 Å². The maximum Gasteiger partial charge on any atom is 0.0485 e. The van der Waals surface area contributed by atoms with Gasteiger partial charge >= 0.3 is 0 Å². The van der Waals surface area contributed by atoms with Crippen LogP contribution < -0.4 is 0 Å². The van der Waals surface area contributed by atoms with E-state index in [2.05, 4.69) is 15.9 Å². The van der Waals surface area contributed by atoms with Crippen molar-refractivity contribution >= 4 is 39.1 Å². The zero-order chi connectivity index (χ0) is 8.43. The monoisotopic (exact) mass is 252 g/mol. The van der Waals surface area contributed by atoms with Crippen LogP contribution in [0.3, 0.4) is 0 Å². The van der Waals surface area contributed by atoms with Gasteiger partial charge in [-0.25, -0.2) is 0 Å². The first kappa shape index (κ1) is 9.37. The first-order valence-electron chi connectivity index (χ1n) is 3.15. The van der Waals surface area contributed by atoms with E-state index in [1.807, 2.05) is 19.1 Å². The molecule has 0 aliphatic heterocycles. The summed E-state index contributed by atoms with van der Waals surface area (Å²) in [5.74, 6) is 0.487. The zero-order valence-corrected chi connectivity index (χ0v) is 9.09. The number of alkyl halides is 1. The van der Waals surface area contributed by atoms with Crippen molar-refractivity contribution in [3.05, 3.63) is 32.8 Å². The maximum atomic E-state index is 5.89. The van der Waals surface area contributed by atoms with Gasteiger partial charge in [-0.1, -0.05) is 27.5 Å². The molecule has 0 heterocycles. The molecule has 1 aromatic rings. The fraction of sp³-hybridized carbons (Fsp3) is 0.250. The van der Waals surface area contributed by atoms with Crippen LogP contribution in [0.5, 0.6) is 0 Å². The second-order valence-electron chi connectivity index (χ2n) is 2.33. The number of hydrogen-bond donors (Lipinski definition) is 0. The van der Waals surface area contributed by atoms with Gasteiger partial charge in [0.1, 0.15) is 0 Å². The maximum absolute atomic E-state index is 5.89. The van der Waals surface area contributed by atoms with Gasteiger partial charge in [0.05, 0.1) is 0 Å². The summed E-state index contributed by atoms with van der Waals surface area (Å²) in [6, 6.07) is 3.86. The van der Waals surface area contributed by atoms with Crippen molar-refractivity contribution < 1.29 is 0 Å². The smallest absolute Gasteiger partial charge is 0.0485 e. The molecule has 0 bridgehead atoms. The van der Waals surface area contributed by atoms with Crippen LogP contribution in [0.4, 0.5) is 0 Å². The third kappa shape index (κ3) is 2.11. The van der Waals surface area contributed by atoms with Crippen LogP contribution in [-0.4, -0.2) is 0 Å². The Morgan fingerprint density at radius 2 is 2.09 bits per heavy atom. The van der Waals surface area contributed by atoms with E-state index in [1.165, 1.54) is 0 Å². The van der Waals surface area contributed by atoms with E-state index in [1.54, 1.807) is 0 Å². The lowest BCUT2D eigenvalue weighted by Gasteiger charge is -2.03. The molecule has 0 N–H and O–H groups in total. The Morgan fingerprint density at radius 3 is 2.64 bits per heavy atom. The highest BCUT2D eigenvalue weighted by Crippen LogP contribution is 2.25. The second-order valence-corrected chi connectivity index (χ2v) is 3.86. The fourth-order valence-electron chi connectivity index (χ4n) is 0.790. The van der Waals surface area contributed by atoms with Gasteiger partial charge in [0.15, 0.2) is 0 Å². The number of benzene rings is 1. The Balaban J connectivity index is 3.21. The van der Waals surface area contributed by atoms with Gasteiger partial charge in [-0.15, -0.1) is 11.6 Å². The Labute approximate surface area is 84.6 Å². The van der Waals surface area contributed by atoms with Gasteiger partial charge in [-0.3, -0.25) is 0 Å². The van der Waals surface area contributed by atoms with Gasteiger partial charge in [0.25, 0.3) is 0 Å². The average Bonchev–Trinajstić information content (AvgIpc) is 1.97. The molecule has 1 rings (SSSR count). The first-order valence-corrected chi connectivity index (χ1v) is 4.86. The molecule has 0 unspecified atom stereocenters. The second kappa shape index (κ2) is 3.79. The van der Waals surface area contributed by atoms with Crippen molar-refractivity contribution in [2.24, 2.45) is 0 Å². The average molecular weight is 254 g/mol. The molecule has 0 saturated carbocycles. The summed E-state index contributed by atoms with van der Waals surface area (Å²) in [7, 11) is 0. The minimum atomic E-state index is 0.487. The van der Waals surface area contributed by atoms with Crippen LogP contribution in [0.25, 0.3) is 0 Å². The van der Waals surface area contributed by atoms with E-state index in [0.29, 0.717) is 5.88 Å². The topological polar surface area (TPSA) is 0 Å². The molecule has 3 heteroatoms. The normalized spacial score (nSPS) is 10.2. The molecule has 0 aliphatic rings. The number of halogens is 3. The highest BCUT2D eigenvalue weighted by atomic mass is 79.9. The van der Waals surface area contributed by atoms with E-state index >= 15 is 0 Å². The lowest BCUT2D eigenvalue weighted by Crippen LogP contribution is -1.83. The summed E-state index contributed by atoms with van der Waals surface area (Å²) in [5.41, 5.74) is 2.09. The quantitative estimate of drug-likeness (QED) is 0.660. The number of rotatable bonds is 1. The minimum absolute atomic E-state index is 0.487. The lowest BCUT2D eigenvalue weighted by atomic mass is 10.2. The Bertz CT molecular complexity index is 271. The zero-order valence-electron chi connectivity index (χ0n) is 6.00. The molecule has 11 heavy (non-hydrogen) atoms. The molecule has 0 spiro atoms. The summed E-state index contributed by atoms with van der Waals surface area (Å²) in [6.45, 7) is 1.96. The molecule has 0 nitrogen and oxygen atoms in total. The number of hydrogen-bond acceptors (Lipinski definition) is 0. The predicted octanol–water partition coefficient (Wildman–Crippen LogP) is 4.15. The lowest BCUT2D eigenvalue weighted by molar-refractivity contribution is 1.33. The molecule has 0 amide bonds. The summed E-state index contributed by atoms with van der Waals surface area (Å²) in [6.07, 6.45) is 0. The molecule has 0 atom stereocenters. The highest BCUT2D eigenvalue weighted by Gasteiger charge is 2.01. The van der Waals surface area contributed by atoms with Gasteiger partial charge < -0.3 is 0 Å². The van der Waals surface area contributed by atoms with Gasteiger partial charge in [-0.2, -0.15) is 0 Å². The van der Waals surface area contributed by atoms with E-state index in [9.17, 15) is 0 Å². The molecule has 0 saturated heterocycles. The van der Waals surface area contributed by atoms with E-state index in [-0.39, 0.29) is 0 Å². The van der Waals surface area contributed by atoms with E-state index in [4.69, 9.17) is 23.2 Å². The molecule has 0 aromatic heterocycles. The molecule has 1 aromatic carbocycles. The van der Waals surface area contributed by atoms with Gasteiger partial charge in [0, 0.05) is 15.4 Å². The van der Waals surface area contributed by atoms with Crippen LogP contribution >= 0.6 is 39.1 Å². The van der Waals surface area contributed by atoms with Crippen molar-refractivity contribution in [1.82, 2.24) is 0 Å². The van der Waals surface area contributed by atoms with Crippen LogP contribution in [0.1, 0.15) is 11.1 Å². The van der Waals surface area contributed by atoms with E-state index < -0.39 is 0 Å². The molecule has 60 valence electrons. The van der Waals surface area contributed by atoms with E-state index in [0.717, 1.165) is 20.6 Å². The summed E-state index contributed by atoms with van der Waals surface area (Å²) >= 11 is 15.0. The first-order chi connectivity index (χ1) is 5.15. The third-order valence-electron chi connectivity index (χ3n) is 1.47. The van der Waals surface area contributed by atoms with Crippen molar-refractivity contribution in [2.75, 3.05) is 0 Å². The van der Waals surface area contributed by atoms with Gasteiger partial charge in [0.2, 0.25) is 0 Å². The van der Waals surface area contributed by atoms with Crippen LogP contribution in [0.2, 0.25) is 5.02 Å². The minimum Gasteiger partial charge on any atom is -0.122 e. The summed E-state index contributed by atoms with van der Waals surface area (Å²) < 4.78 is 1.02. The fourth-order valence-corrected chi connectivity index (χ4v) is 1.96. The molecule has 0 radical (unpaired) electrons. The Kier molecular flexibility index (Phi) is 3.23. The third-order valence-corrected chi connectivity index (χ3v) is 2.90. The highest BCUT2D eigenvalue weighted by molar-refractivity contribution is 9.10. The molecule has 0 fully saturated rings. The van der Waals surface area contributed by atoms with Crippen molar-refractivity contribution in [3.63, 3.8) is 0 Å². The van der Waals surface area contributed by atoms with Crippen molar-refractivity contribution in [3.8, 4) is 0 Å². The largest absolute Gasteiger partial charge is 0.122 e. The van der Waals surface area contributed by atoms with Crippen LogP contribution in [-0.2, 0) is 5.88 Å². The van der Waals surface area contributed by atoms with Crippen molar-refractivity contribution in [1.29, 1.82) is 0 Å². The van der Waals surface area contributed by atoms with Crippen LogP contribution in [0, 0.1) is 6.92 Å². The predicted molar refractivity (Wildman–Crippen MR) is 53.4 cm³/mol.